The molecule has 8 heteroatoms. The highest BCUT2D eigenvalue weighted by Gasteiger charge is 2.42. The standard InChI is InChI=1S/C21H21F3N2O3/c1-21(2,3)29-20(28)26-16-8-6-5-7-12(16)9-18(26)19(27)25(4)17-11-14(23)13(22)10-15(17)24/h5-8,10-11,18H,9H2,1-4H3/t18-/m0/s1/i4D3. The molecule has 0 spiro atoms. The number of likely N-dealkylation sites (N-methyl/N-ethyl adjacent to an activating group) is 1. The molecule has 1 heterocycles. The molecule has 29 heavy (non-hydrogen) atoms. The van der Waals surface area contributed by atoms with Crippen molar-refractivity contribution < 1.29 is 31.6 Å². The Morgan fingerprint density at radius 3 is 2.45 bits per heavy atom. The largest absolute Gasteiger partial charge is 0.443 e. The van der Waals surface area contributed by atoms with E-state index in [2.05, 4.69) is 0 Å². The maximum Gasteiger partial charge on any atom is 0.415 e. The summed E-state index contributed by atoms with van der Waals surface area (Å²) in [5.41, 5.74) is -0.990. The number of carbonyl (C=O) groups is 2. The van der Waals surface area contributed by atoms with Gasteiger partial charge < -0.3 is 9.64 Å². The van der Waals surface area contributed by atoms with Gasteiger partial charge in [0, 0.05) is 29.6 Å². The number of rotatable bonds is 2. The third-order valence-electron chi connectivity index (χ3n) is 4.30. The first-order valence-corrected chi connectivity index (χ1v) is 8.79. The van der Waals surface area contributed by atoms with Crippen LogP contribution in [0, 0.1) is 17.5 Å². The van der Waals surface area contributed by atoms with Gasteiger partial charge in [-0.25, -0.2) is 18.0 Å². The van der Waals surface area contributed by atoms with Crippen molar-refractivity contribution in [1.82, 2.24) is 0 Å². The van der Waals surface area contributed by atoms with Gasteiger partial charge in [0.25, 0.3) is 0 Å². The summed E-state index contributed by atoms with van der Waals surface area (Å²) in [7, 11) is 0. The highest BCUT2D eigenvalue weighted by Crippen LogP contribution is 2.35. The Morgan fingerprint density at radius 2 is 1.79 bits per heavy atom. The number of anilines is 2. The molecule has 0 fully saturated rings. The molecule has 0 aliphatic carbocycles. The van der Waals surface area contributed by atoms with E-state index in [0.29, 0.717) is 17.3 Å². The molecule has 154 valence electrons. The van der Waals surface area contributed by atoms with Crippen LogP contribution >= 0.6 is 0 Å². The van der Waals surface area contributed by atoms with Crippen LogP contribution in [0.5, 0.6) is 0 Å². The molecule has 0 N–H and O–H groups in total. The second-order valence-electron chi connectivity index (χ2n) is 7.59. The van der Waals surface area contributed by atoms with Crippen LogP contribution in [-0.2, 0) is 16.0 Å². The summed E-state index contributed by atoms with van der Waals surface area (Å²) >= 11 is 0. The fraction of sp³-hybridized carbons (Fsp3) is 0.333. The van der Waals surface area contributed by atoms with Crippen LogP contribution in [0.2, 0.25) is 0 Å². The molecule has 0 bridgehead atoms. The van der Waals surface area contributed by atoms with Crippen molar-refractivity contribution in [3.63, 3.8) is 0 Å². The molecule has 3 rings (SSSR count). The summed E-state index contributed by atoms with van der Waals surface area (Å²) in [5.74, 6) is -5.69. The number of carbonyl (C=O) groups excluding carboxylic acids is 2. The lowest BCUT2D eigenvalue weighted by Gasteiger charge is -2.30. The van der Waals surface area contributed by atoms with Crippen LogP contribution in [-0.4, -0.2) is 30.6 Å². The zero-order valence-corrected chi connectivity index (χ0v) is 16.0. The van der Waals surface area contributed by atoms with Crippen LogP contribution < -0.4 is 9.80 Å². The Morgan fingerprint density at radius 1 is 1.14 bits per heavy atom. The molecule has 2 amide bonds. The van der Waals surface area contributed by atoms with Gasteiger partial charge in [0.1, 0.15) is 17.5 Å². The molecule has 0 radical (unpaired) electrons. The highest BCUT2D eigenvalue weighted by atomic mass is 19.2. The van der Waals surface area contributed by atoms with Gasteiger partial charge in [0.15, 0.2) is 11.6 Å². The molecular formula is C21H21F3N2O3. The summed E-state index contributed by atoms with van der Waals surface area (Å²) in [6.07, 6.45) is -0.983. The van der Waals surface area contributed by atoms with Gasteiger partial charge in [0.2, 0.25) is 5.91 Å². The number of fused-ring (bicyclic) bond motifs is 1. The number of ether oxygens (including phenoxy) is 1. The molecule has 1 aliphatic rings. The number of halogens is 3. The van der Waals surface area contributed by atoms with Crippen molar-refractivity contribution in [3.8, 4) is 0 Å². The summed E-state index contributed by atoms with van der Waals surface area (Å²) in [6, 6.07) is 5.56. The van der Waals surface area contributed by atoms with Gasteiger partial charge in [0.05, 0.1) is 11.4 Å². The number of nitrogens with zero attached hydrogens (tertiary/aromatic N) is 2. The molecule has 5 nitrogen and oxygen atoms in total. The molecule has 0 aromatic heterocycles. The van der Waals surface area contributed by atoms with Gasteiger partial charge >= 0.3 is 6.09 Å². The number of benzene rings is 2. The zero-order valence-electron chi connectivity index (χ0n) is 19.0. The third kappa shape index (κ3) is 4.06. The minimum Gasteiger partial charge on any atom is -0.443 e. The van der Waals surface area contributed by atoms with E-state index in [1.807, 2.05) is 0 Å². The third-order valence-corrected chi connectivity index (χ3v) is 4.30. The molecule has 2 aromatic carbocycles. The number of hydrogen-bond acceptors (Lipinski definition) is 3. The monoisotopic (exact) mass is 409 g/mol. The molecule has 2 aromatic rings. The lowest BCUT2D eigenvalue weighted by atomic mass is 10.1. The predicted octanol–water partition coefficient (Wildman–Crippen LogP) is 4.43. The minimum absolute atomic E-state index is 0.0682. The number of para-hydroxylation sites is 1. The van der Waals surface area contributed by atoms with E-state index in [9.17, 15) is 22.8 Å². The van der Waals surface area contributed by atoms with Gasteiger partial charge in [-0.3, -0.25) is 9.69 Å². The van der Waals surface area contributed by atoms with Gasteiger partial charge in [-0.05, 0) is 32.4 Å². The van der Waals surface area contributed by atoms with E-state index in [-0.39, 0.29) is 17.4 Å². The average Bonchev–Trinajstić information content (AvgIpc) is 3.03. The van der Waals surface area contributed by atoms with Crippen molar-refractivity contribution in [2.45, 2.75) is 38.8 Å². The fourth-order valence-corrected chi connectivity index (χ4v) is 3.07. The van der Waals surface area contributed by atoms with Gasteiger partial charge in [-0.15, -0.1) is 0 Å². The van der Waals surface area contributed by atoms with E-state index in [0.717, 1.165) is 4.90 Å². The van der Waals surface area contributed by atoms with E-state index in [1.165, 1.54) is 0 Å². The molecule has 0 saturated heterocycles. The number of hydrogen-bond donors (Lipinski definition) is 0. The predicted molar refractivity (Wildman–Crippen MR) is 102 cm³/mol. The second kappa shape index (κ2) is 7.42. The minimum atomic E-state index is -3.25. The van der Waals surface area contributed by atoms with E-state index >= 15 is 0 Å². The average molecular weight is 409 g/mol. The summed E-state index contributed by atoms with van der Waals surface area (Å²) in [4.78, 5) is 27.4. The Hall–Kier alpha value is -3.03. The van der Waals surface area contributed by atoms with Crippen LogP contribution in [0.1, 0.15) is 30.4 Å². The smallest absolute Gasteiger partial charge is 0.415 e. The maximum atomic E-state index is 14.4. The second-order valence-corrected chi connectivity index (χ2v) is 7.59. The normalized spacial score (nSPS) is 17.8. The number of amides is 2. The Bertz CT molecular complexity index is 1070. The Balaban J connectivity index is 2.09. The first-order valence-electron chi connectivity index (χ1n) is 10.3. The summed E-state index contributed by atoms with van der Waals surface area (Å²) in [5, 5.41) is 0. The van der Waals surface area contributed by atoms with Crippen molar-refractivity contribution in [2.75, 3.05) is 16.8 Å². The summed E-state index contributed by atoms with van der Waals surface area (Å²) < 4.78 is 70.3. The van der Waals surface area contributed by atoms with Gasteiger partial charge in [-0.1, -0.05) is 18.2 Å². The summed E-state index contributed by atoms with van der Waals surface area (Å²) in [6.45, 7) is 1.61. The molecule has 1 aliphatic heterocycles. The highest BCUT2D eigenvalue weighted by molar-refractivity contribution is 6.06. The topological polar surface area (TPSA) is 49.9 Å². The molecule has 1 atom stereocenters. The first kappa shape index (κ1) is 16.9. The molecule has 0 unspecified atom stereocenters. The fourth-order valence-electron chi connectivity index (χ4n) is 3.07. The zero-order chi connectivity index (χ0) is 24.0. The SMILES string of the molecule is [2H]C([2H])([2H])N(C(=O)[C@@H]1Cc2ccccc2N1C(=O)OC(C)(C)C)c1cc(F)c(F)cc1F. The quantitative estimate of drug-likeness (QED) is 0.690. The molecule has 0 saturated carbocycles. The van der Waals surface area contributed by atoms with Crippen LogP contribution in [0.15, 0.2) is 36.4 Å². The van der Waals surface area contributed by atoms with E-state index < -0.39 is 53.8 Å². The van der Waals surface area contributed by atoms with Crippen molar-refractivity contribution in [3.05, 3.63) is 59.4 Å². The van der Waals surface area contributed by atoms with Crippen molar-refractivity contribution >= 4 is 23.4 Å². The Labute approximate surface area is 170 Å². The lowest BCUT2D eigenvalue weighted by Crippen LogP contribution is -2.50. The van der Waals surface area contributed by atoms with Crippen molar-refractivity contribution in [2.24, 2.45) is 0 Å². The first-order chi connectivity index (χ1) is 14.7. The van der Waals surface area contributed by atoms with Crippen LogP contribution in [0.4, 0.5) is 29.3 Å². The lowest BCUT2D eigenvalue weighted by molar-refractivity contribution is -0.119. The maximum absolute atomic E-state index is 14.4. The van der Waals surface area contributed by atoms with E-state index in [1.54, 1.807) is 45.0 Å². The van der Waals surface area contributed by atoms with Crippen molar-refractivity contribution in [1.29, 1.82) is 0 Å². The molecular weight excluding hydrogens is 385 g/mol. The Kier molecular flexibility index (Phi) is 4.32. The van der Waals surface area contributed by atoms with Gasteiger partial charge in [-0.2, -0.15) is 0 Å². The van der Waals surface area contributed by atoms with Crippen LogP contribution in [0.3, 0.4) is 0 Å². The van der Waals surface area contributed by atoms with Crippen LogP contribution in [0.25, 0.3) is 0 Å². The van der Waals surface area contributed by atoms with E-state index in [4.69, 9.17) is 8.85 Å².